The third-order valence-electron chi connectivity index (χ3n) is 7.25. The first-order valence-corrected chi connectivity index (χ1v) is 13.9. The van der Waals surface area contributed by atoms with Crippen LogP contribution in [0.5, 0.6) is 5.75 Å². The molecule has 0 aromatic heterocycles. The van der Waals surface area contributed by atoms with Crippen LogP contribution in [0.3, 0.4) is 0 Å². The summed E-state index contributed by atoms with van der Waals surface area (Å²) >= 11 is 6.63. The van der Waals surface area contributed by atoms with Gasteiger partial charge in [-0.05, 0) is 63.3 Å². The number of halogens is 1. The predicted molar refractivity (Wildman–Crippen MR) is 147 cm³/mol. The molecule has 2 aromatic rings. The molecule has 2 N–H and O–H groups in total. The first kappa shape index (κ1) is 28.2. The van der Waals surface area contributed by atoms with Gasteiger partial charge in [-0.15, -0.1) is 0 Å². The van der Waals surface area contributed by atoms with Crippen LogP contribution in [0.15, 0.2) is 48.5 Å². The Bertz CT molecular complexity index is 1110. The van der Waals surface area contributed by atoms with Crippen molar-refractivity contribution in [1.29, 1.82) is 0 Å². The number of carbonyl (C=O) groups excluding carboxylic acids is 2. The average Bonchev–Trinajstić information content (AvgIpc) is 3.32. The van der Waals surface area contributed by atoms with Crippen LogP contribution >= 0.6 is 11.6 Å². The maximum atomic E-state index is 14.0. The van der Waals surface area contributed by atoms with Gasteiger partial charge in [0.25, 0.3) is 0 Å². The third-order valence-corrected chi connectivity index (χ3v) is 7.55. The Morgan fingerprint density at radius 1 is 1.13 bits per heavy atom. The van der Waals surface area contributed by atoms with Crippen LogP contribution in [0.2, 0.25) is 5.02 Å². The van der Waals surface area contributed by atoms with Crippen molar-refractivity contribution in [1.82, 2.24) is 10.2 Å². The van der Waals surface area contributed by atoms with Crippen LogP contribution < -0.4 is 10.1 Å². The molecular weight excluding hydrogens is 504 g/mol. The second-order valence-corrected chi connectivity index (χ2v) is 11.9. The van der Waals surface area contributed by atoms with Gasteiger partial charge in [0.2, 0.25) is 5.91 Å². The lowest BCUT2D eigenvalue weighted by atomic mass is 9.72. The molecule has 8 heteroatoms. The molecule has 7 nitrogen and oxygen atoms in total. The van der Waals surface area contributed by atoms with Gasteiger partial charge >= 0.3 is 6.09 Å². The molecule has 2 aliphatic rings. The van der Waals surface area contributed by atoms with Crippen LogP contribution in [0, 0.1) is 0 Å². The van der Waals surface area contributed by atoms with E-state index in [4.69, 9.17) is 21.1 Å². The first-order chi connectivity index (χ1) is 18.0. The van der Waals surface area contributed by atoms with Gasteiger partial charge in [0.05, 0.1) is 22.6 Å². The lowest BCUT2D eigenvalue weighted by Crippen LogP contribution is -2.48. The van der Waals surface area contributed by atoms with Crippen molar-refractivity contribution in [3.05, 3.63) is 64.7 Å². The van der Waals surface area contributed by atoms with Crippen molar-refractivity contribution in [2.45, 2.75) is 89.1 Å². The molecule has 1 heterocycles. The maximum absolute atomic E-state index is 14.0. The smallest absolute Gasteiger partial charge is 0.407 e. The van der Waals surface area contributed by atoms with Gasteiger partial charge in [-0.3, -0.25) is 4.79 Å². The molecule has 2 fully saturated rings. The van der Waals surface area contributed by atoms with Crippen LogP contribution in [0.4, 0.5) is 4.79 Å². The van der Waals surface area contributed by atoms with Crippen molar-refractivity contribution < 1.29 is 24.2 Å². The number of nitrogens with one attached hydrogen (secondary N) is 1. The van der Waals surface area contributed by atoms with E-state index < -0.39 is 23.2 Å². The van der Waals surface area contributed by atoms with E-state index in [0.29, 0.717) is 55.3 Å². The predicted octanol–water partition coefficient (Wildman–Crippen LogP) is 5.82. The Kier molecular flexibility index (Phi) is 8.89. The summed E-state index contributed by atoms with van der Waals surface area (Å²) in [6, 6.07) is 15.0. The van der Waals surface area contributed by atoms with Gasteiger partial charge in [0.1, 0.15) is 18.0 Å². The highest BCUT2D eigenvalue weighted by Gasteiger charge is 2.46. The SMILES string of the molecule is CC(C)(C)OC(=O)N[C@H]1CCN(C(=O)C(c2ccc(OCc3ccccc3)c(Cl)c2)C2(O)CCCCC2)C1. The summed E-state index contributed by atoms with van der Waals surface area (Å²) in [5, 5.41) is 15.0. The van der Waals surface area contributed by atoms with E-state index in [2.05, 4.69) is 5.32 Å². The number of hydrogen-bond donors (Lipinski definition) is 2. The third kappa shape index (κ3) is 7.20. The van der Waals surface area contributed by atoms with Crippen LogP contribution in [0.25, 0.3) is 0 Å². The highest BCUT2D eigenvalue weighted by molar-refractivity contribution is 6.32. The zero-order chi connectivity index (χ0) is 27.3. The molecule has 0 spiro atoms. The normalized spacial score (nSPS) is 20.0. The van der Waals surface area contributed by atoms with Crippen molar-refractivity contribution in [3.8, 4) is 5.75 Å². The highest BCUT2D eigenvalue weighted by Crippen LogP contribution is 2.43. The number of amides is 2. The molecule has 0 bridgehead atoms. The van der Waals surface area contributed by atoms with E-state index in [1.807, 2.05) is 57.2 Å². The van der Waals surface area contributed by atoms with Gasteiger partial charge in [-0.1, -0.05) is 67.3 Å². The van der Waals surface area contributed by atoms with Crippen LogP contribution in [-0.4, -0.2) is 52.3 Å². The number of carbonyl (C=O) groups is 2. The van der Waals surface area contributed by atoms with Gasteiger partial charge in [0.15, 0.2) is 0 Å². The largest absolute Gasteiger partial charge is 0.487 e. The first-order valence-electron chi connectivity index (χ1n) is 13.5. The summed E-state index contributed by atoms with van der Waals surface area (Å²) in [6.07, 6.45) is 4.04. The Hall–Kier alpha value is -2.77. The molecule has 1 aliphatic heterocycles. The topological polar surface area (TPSA) is 88.1 Å². The summed E-state index contributed by atoms with van der Waals surface area (Å²) in [5.74, 6) is -0.357. The number of rotatable bonds is 7. The number of benzene rings is 2. The van der Waals surface area contributed by atoms with E-state index in [0.717, 1.165) is 24.8 Å². The summed E-state index contributed by atoms with van der Waals surface area (Å²) in [5.41, 5.74) is -0.0354. The minimum atomic E-state index is -1.15. The monoisotopic (exact) mass is 542 g/mol. The Morgan fingerprint density at radius 2 is 1.84 bits per heavy atom. The number of likely N-dealkylation sites (tertiary alicyclic amines) is 1. The zero-order valence-corrected chi connectivity index (χ0v) is 23.3. The summed E-state index contributed by atoms with van der Waals surface area (Å²) in [7, 11) is 0. The second-order valence-electron chi connectivity index (χ2n) is 11.5. The highest BCUT2D eigenvalue weighted by atomic mass is 35.5. The fourth-order valence-corrected chi connectivity index (χ4v) is 5.66. The molecule has 38 heavy (non-hydrogen) atoms. The summed E-state index contributed by atoms with van der Waals surface area (Å²) in [4.78, 5) is 28.0. The molecule has 1 saturated carbocycles. The van der Waals surface area contributed by atoms with E-state index in [9.17, 15) is 14.7 Å². The molecule has 1 unspecified atom stereocenters. The number of alkyl carbamates (subject to hydrolysis) is 1. The minimum absolute atomic E-state index is 0.142. The minimum Gasteiger partial charge on any atom is -0.487 e. The standard InChI is InChI=1S/C30H39ClN2O5/c1-29(2,3)38-28(35)32-23-14-17-33(19-23)27(34)26(30(36)15-8-5-9-16-30)22-12-13-25(24(31)18-22)37-20-21-10-6-4-7-11-21/h4,6-7,10-13,18,23,26,36H,5,8-9,14-17,19-20H2,1-3H3,(H,32,35)/t23-,26?/m0/s1. The molecule has 0 radical (unpaired) electrons. The molecular formula is C30H39ClN2O5. The van der Waals surface area contributed by atoms with E-state index in [-0.39, 0.29) is 11.9 Å². The molecule has 2 atom stereocenters. The van der Waals surface area contributed by atoms with Gasteiger partial charge in [-0.25, -0.2) is 4.79 Å². The van der Waals surface area contributed by atoms with Crippen molar-refractivity contribution in [2.24, 2.45) is 0 Å². The number of nitrogens with zero attached hydrogens (tertiary/aromatic N) is 1. The fourth-order valence-electron chi connectivity index (χ4n) is 5.42. The molecule has 2 amide bonds. The van der Waals surface area contributed by atoms with Crippen molar-refractivity contribution in [3.63, 3.8) is 0 Å². The van der Waals surface area contributed by atoms with E-state index in [1.165, 1.54) is 0 Å². The van der Waals surface area contributed by atoms with Crippen molar-refractivity contribution in [2.75, 3.05) is 13.1 Å². The zero-order valence-electron chi connectivity index (χ0n) is 22.5. The van der Waals surface area contributed by atoms with Crippen LogP contribution in [0.1, 0.15) is 76.3 Å². The fraction of sp³-hybridized carbons (Fsp3) is 0.533. The Morgan fingerprint density at radius 3 is 2.50 bits per heavy atom. The molecule has 2 aromatic carbocycles. The molecule has 1 aliphatic carbocycles. The Balaban J connectivity index is 1.50. The molecule has 4 rings (SSSR count). The number of ether oxygens (including phenoxy) is 2. The number of aliphatic hydroxyl groups is 1. The van der Waals surface area contributed by atoms with Gasteiger partial charge in [-0.2, -0.15) is 0 Å². The number of hydrogen-bond acceptors (Lipinski definition) is 5. The van der Waals surface area contributed by atoms with Crippen molar-refractivity contribution >= 4 is 23.6 Å². The Labute approximate surface area is 230 Å². The molecule has 1 saturated heterocycles. The van der Waals surface area contributed by atoms with E-state index >= 15 is 0 Å². The quantitative estimate of drug-likeness (QED) is 0.460. The van der Waals surface area contributed by atoms with Crippen LogP contribution in [-0.2, 0) is 16.1 Å². The van der Waals surface area contributed by atoms with Gasteiger partial charge in [0, 0.05) is 13.1 Å². The lowest BCUT2D eigenvalue weighted by Gasteiger charge is -2.40. The summed E-state index contributed by atoms with van der Waals surface area (Å²) < 4.78 is 11.3. The molecule has 206 valence electrons. The summed E-state index contributed by atoms with van der Waals surface area (Å²) in [6.45, 7) is 6.70. The maximum Gasteiger partial charge on any atom is 0.407 e. The van der Waals surface area contributed by atoms with E-state index in [1.54, 1.807) is 17.0 Å². The second kappa shape index (κ2) is 12.0. The average molecular weight is 543 g/mol. The lowest BCUT2D eigenvalue weighted by molar-refractivity contribution is -0.140. The van der Waals surface area contributed by atoms with Gasteiger partial charge < -0.3 is 24.8 Å².